The maximum atomic E-state index is 11.0. The fraction of sp³-hybridized carbons (Fsp3) is 0.611. The number of fused-ring (bicyclic) bond motifs is 1. The van der Waals surface area contributed by atoms with Crippen LogP contribution < -0.4 is 9.80 Å². The molecule has 2 aromatic heterocycles. The van der Waals surface area contributed by atoms with E-state index in [1.807, 2.05) is 4.90 Å². The third-order valence-corrected chi connectivity index (χ3v) is 6.00. The Bertz CT molecular complexity index is 783. The average molecular weight is 394 g/mol. The number of aryl methyl sites for hydroxylation is 2. The average Bonchev–Trinajstić information content (AvgIpc) is 3.02. The molecule has 3 heterocycles. The van der Waals surface area contributed by atoms with Gasteiger partial charge in [-0.2, -0.15) is 4.98 Å². The highest BCUT2D eigenvalue weighted by atomic mass is 32.1. The van der Waals surface area contributed by atoms with E-state index in [9.17, 15) is 15.0 Å². The van der Waals surface area contributed by atoms with Crippen molar-refractivity contribution in [2.75, 3.05) is 62.3 Å². The minimum Gasteiger partial charge on any atom is -0.395 e. The molecule has 1 aliphatic rings. The lowest BCUT2D eigenvalue weighted by Gasteiger charge is -2.33. The van der Waals surface area contributed by atoms with E-state index >= 15 is 0 Å². The summed E-state index contributed by atoms with van der Waals surface area (Å²) in [5, 5.41) is 20.0. The number of aliphatic hydroxyl groups is 2. The smallest absolute Gasteiger partial charge is 0.228 e. The van der Waals surface area contributed by atoms with Crippen LogP contribution in [0.25, 0.3) is 10.2 Å². The van der Waals surface area contributed by atoms with Crippen LogP contribution in [-0.2, 0) is 11.2 Å². The van der Waals surface area contributed by atoms with Gasteiger partial charge in [-0.3, -0.25) is 4.79 Å². The van der Waals surface area contributed by atoms with E-state index in [2.05, 4.69) is 18.7 Å². The highest BCUT2D eigenvalue weighted by molar-refractivity contribution is 7.18. The molecule has 0 radical (unpaired) electrons. The Morgan fingerprint density at radius 1 is 1.15 bits per heavy atom. The summed E-state index contributed by atoms with van der Waals surface area (Å²) in [7, 11) is 0. The van der Waals surface area contributed by atoms with Crippen molar-refractivity contribution in [3.8, 4) is 0 Å². The molecule has 1 saturated heterocycles. The normalized spacial score (nSPS) is 14.8. The number of aromatic nitrogens is 2. The van der Waals surface area contributed by atoms with Gasteiger partial charge in [0, 0.05) is 44.1 Å². The van der Waals surface area contributed by atoms with Crippen LogP contribution in [0.4, 0.5) is 11.8 Å². The molecule has 3 rings (SSSR count). The summed E-state index contributed by atoms with van der Waals surface area (Å²) in [6, 6.07) is 0. The zero-order valence-corrected chi connectivity index (χ0v) is 16.7. The molecule has 0 aliphatic carbocycles. The third-order valence-electron chi connectivity index (χ3n) is 4.96. The zero-order valence-electron chi connectivity index (χ0n) is 15.9. The quantitative estimate of drug-likeness (QED) is 0.636. The van der Waals surface area contributed by atoms with Crippen molar-refractivity contribution in [3.63, 3.8) is 0 Å². The number of piperazine rings is 1. The molecule has 148 valence electrons. The number of nitrogens with zero attached hydrogens (tertiary/aromatic N) is 5. The van der Waals surface area contributed by atoms with E-state index in [1.54, 1.807) is 16.2 Å². The molecule has 0 spiro atoms. The number of hydrogen-bond donors (Lipinski definition) is 2. The van der Waals surface area contributed by atoms with Crippen LogP contribution in [0.15, 0.2) is 0 Å². The van der Waals surface area contributed by atoms with E-state index in [0.717, 1.165) is 28.9 Å². The maximum absolute atomic E-state index is 11.0. The van der Waals surface area contributed by atoms with Gasteiger partial charge >= 0.3 is 0 Å². The third kappa shape index (κ3) is 3.99. The number of carbonyl (C=O) groups excluding carboxylic acids is 1. The van der Waals surface area contributed by atoms with Gasteiger partial charge in [-0.05, 0) is 18.9 Å². The van der Waals surface area contributed by atoms with Gasteiger partial charge in [-0.1, -0.05) is 6.92 Å². The number of rotatable bonds is 8. The standard InChI is InChI=1S/C18H27N5O3S/c1-3-14-13(2)27-17-15(14)16(22(8-10-24)9-11-25)19-18(20-17)23-6-4-21(12-26)5-7-23/h12,24-25H,3-11H2,1-2H3. The zero-order chi connectivity index (χ0) is 19.4. The topological polar surface area (TPSA) is 93.0 Å². The minimum atomic E-state index is -0.0105. The Kier molecular flexibility index (Phi) is 6.46. The van der Waals surface area contributed by atoms with Crippen molar-refractivity contribution in [2.24, 2.45) is 0 Å². The molecule has 9 heteroatoms. The summed E-state index contributed by atoms with van der Waals surface area (Å²) in [6.07, 6.45) is 1.76. The van der Waals surface area contributed by atoms with Gasteiger partial charge in [-0.25, -0.2) is 4.98 Å². The summed E-state index contributed by atoms with van der Waals surface area (Å²) in [4.78, 5) is 28.6. The first-order valence-electron chi connectivity index (χ1n) is 9.33. The Labute approximate surface area is 163 Å². The van der Waals surface area contributed by atoms with Gasteiger partial charge < -0.3 is 24.9 Å². The van der Waals surface area contributed by atoms with E-state index < -0.39 is 0 Å². The molecule has 0 bridgehead atoms. The molecular weight excluding hydrogens is 366 g/mol. The molecule has 8 nitrogen and oxygen atoms in total. The fourth-order valence-electron chi connectivity index (χ4n) is 3.53. The maximum Gasteiger partial charge on any atom is 0.228 e. The number of amides is 1. The van der Waals surface area contributed by atoms with E-state index in [4.69, 9.17) is 9.97 Å². The molecule has 1 amide bonds. The predicted octanol–water partition coefficient (Wildman–Crippen LogP) is 0.632. The Hall–Kier alpha value is -1.97. The van der Waals surface area contributed by atoms with Gasteiger partial charge in [0.15, 0.2) is 0 Å². The van der Waals surface area contributed by atoms with Crippen molar-refractivity contribution >= 4 is 39.7 Å². The summed E-state index contributed by atoms with van der Waals surface area (Å²) in [6.45, 7) is 7.69. The first-order chi connectivity index (χ1) is 13.1. The summed E-state index contributed by atoms with van der Waals surface area (Å²) in [5.41, 5.74) is 1.23. The molecule has 0 saturated carbocycles. The minimum absolute atomic E-state index is 0.0105. The van der Waals surface area contributed by atoms with Crippen LogP contribution in [0.2, 0.25) is 0 Å². The highest BCUT2D eigenvalue weighted by Gasteiger charge is 2.24. The van der Waals surface area contributed by atoms with Crippen molar-refractivity contribution in [1.82, 2.24) is 14.9 Å². The van der Waals surface area contributed by atoms with Crippen molar-refractivity contribution in [2.45, 2.75) is 20.3 Å². The number of carbonyl (C=O) groups is 1. The Morgan fingerprint density at radius 2 is 1.81 bits per heavy atom. The van der Waals surface area contributed by atoms with Gasteiger partial charge in [0.05, 0.1) is 18.6 Å². The van der Waals surface area contributed by atoms with Crippen molar-refractivity contribution in [3.05, 3.63) is 10.4 Å². The fourth-order valence-corrected chi connectivity index (χ4v) is 4.63. The molecule has 0 unspecified atom stereocenters. The molecule has 0 aromatic carbocycles. The molecule has 0 atom stereocenters. The lowest BCUT2D eigenvalue weighted by atomic mass is 10.1. The van der Waals surface area contributed by atoms with Crippen LogP contribution in [0.3, 0.4) is 0 Å². The second-order valence-electron chi connectivity index (χ2n) is 6.58. The number of anilines is 2. The van der Waals surface area contributed by atoms with Crippen LogP contribution in [0.5, 0.6) is 0 Å². The summed E-state index contributed by atoms with van der Waals surface area (Å²) in [5.74, 6) is 1.42. The van der Waals surface area contributed by atoms with E-state index in [1.165, 1.54) is 10.4 Å². The first kappa shape index (κ1) is 19.8. The van der Waals surface area contributed by atoms with Gasteiger partial charge in [0.25, 0.3) is 0 Å². The highest BCUT2D eigenvalue weighted by Crippen LogP contribution is 2.37. The van der Waals surface area contributed by atoms with Crippen LogP contribution in [-0.4, -0.2) is 84.0 Å². The lowest BCUT2D eigenvalue weighted by molar-refractivity contribution is -0.118. The second kappa shape index (κ2) is 8.81. The van der Waals surface area contributed by atoms with Crippen molar-refractivity contribution in [1.29, 1.82) is 0 Å². The summed E-state index contributed by atoms with van der Waals surface area (Å²) < 4.78 is 0. The van der Waals surface area contributed by atoms with Crippen LogP contribution >= 0.6 is 11.3 Å². The van der Waals surface area contributed by atoms with E-state index in [0.29, 0.717) is 45.2 Å². The largest absolute Gasteiger partial charge is 0.395 e. The molecule has 1 fully saturated rings. The lowest BCUT2D eigenvalue weighted by Crippen LogP contribution is -2.46. The van der Waals surface area contributed by atoms with Gasteiger partial charge in [0.1, 0.15) is 10.6 Å². The molecule has 1 aliphatic heterocycles. The van der Waals surface area contributed by atoms with Crippen molar-refractivity contribution < 1.29 is 15.0 Å². The molecule has 2 N–H and O–H groups in total. The Morgan fingerprint density at radius 3 is 2.37 bits per heavy atom. The van der Waals surface area contributed by atoms with Crippen LogP contribution in [0.1, 0.15) is 17.4 Å². The number of hydrogen-bond acceptors (Lipinski definition) is 8. The predicted molar refractivity (Wildman–Crippen MR) is 108 cm³/mol. The monoisotopic (exact) mass is 393 g/mol. The Balaban J connectivity index is 2.07. The second-order valence-corrected chi connectivity index (χ2v) is 7.78. The molecule has 27 heavy (non-hydrogen) atoms. The first-order valence-corrected chi connectivity index (χ1v) is 10.2. The van der Waals surface area contributed by atoms with Gasteiger partial charge in [-0.15, -0.1) is 11.3 Å². The SMILES string of the molecule is CCc1c(C)sc2nc(N3CCN(C=O)CC3)nc(N(CCO)CCO)c12. The summed E-state index contributed by atoms with van der Waals surface area (Å²) >= 11 is 1.66. The number of thiophene rings is 1. The molecular formula is C18H27N5O3S. The number of aliphatic hydroxyl groups excluding tert-OH is 2. The van der Waals surface area contributed by atoms with Crippen LogP contribution in [0, 0.1) is 6.92 Å². The van der Waals surface area contributed by atoms with E-state index in [-0.39, 0.29) is 13.2 Å². The molecule has 2 aromatic rings. The van der Waals surface area contributed by atoms with Gasteiger partial charge in [0.2, 0.25) is 12.4 Å².